The van der Waals surface area contributed by atoms with Crippen molar-refractivity contribution in [1.29, 1.82) is 0 Å². The third-order valence-electron chi connectivity index (χ3n) is 19.2. The van der Waals surface area contributed by atoms with Crippen molar-refractivity contribution < 1.29 is 33.2 Å². The molecule has 16 rings (SSSR count). The van der Waals surface area contributed by atoms with Crippen molar-refractivity contribution >= 4 is 55.0 Å². The number of benzene rings is 4. The zero-order chi connectivity index (χ0) is 55.9. The van der Waals surface area contributed by atoms with E-state index in [2.05, 4.69) is 39.7 Å². The van der Waals surface area contributed by atoms with Crippen LogP contribution in [0, 0.1) is 17.0 Å². The van der Waals surface area contributed by atoms with Crippen molar-refractivity contribution in [1.82, 2.24) is 49.5 Å². The first-order valence-corrected chi connectivity index (χ1v) is 29.6. The Labute approximate surface area is 478 Å². The Morgan fingerprint density at radius 1 is 0.554 bits per heavy atom. The lowest BCUT2D eigenvalue weighted by Gasteiger charge is -2.40. The molecular formula is C64H66F2N12O5. The van der Waals surface area contributed by atoms with Gasteiger partial charge in [-0.2, -0.15) is 25.0 Å². The summed E-state index contributed by atoms with van der Waals surface area (Å²) in [5.41, 5.74) is 2.87. The second-order valence-corrected chi connectivity index (χ2v) is 24.2. The minimum Gasteiger partial charge on any atom is -0.508 e. The predicted octanol–water partition coefficient (Wildman–Crippen LogP) is 10.6. The minimum atomic E-state index is -0.560. The summed E-state index contributed by atoms with van der Waals surface area (Å²) >= 11 is 0. The van der Waals surface area contributed by atoms with E-state index in [9.17, 15) is 10.2 Å². The van der Waals surface area contributed by atoms with Crippen molar-refractivity contribution in [2.75, 3.05) is 82.0 Å². The fourth-order valence-corrected chi connectivity index (χ4v) is 15.1. The molecule has 426 valence electrons. The molecule has 0 bridgehead atoms. The molecule has 12 heterocycles. The molecule has 0 saturated carbocycles. The van der Waals surface area contributed by atoms with E-state index in [1.807, 2.05) is 59.3 Å². The van der Waals surface area contributed by atoms with Crippen LogP contribution < -0.4 is 19.3 Å². The predicted molar refractivity (Wildman–Crippen MR) is 313 cm³/mol. The zero-order valence-electron chi connectivity index (χ0n) is 46.4. The van der Waals surface area contributed by atoms with E-state index in [1.165, 1.54) is 12.8 Å². The standard InChI is InChI=1S/C33H36FN5O3.C31H30FN7O2/c34-27-28(25-17-23(40)16-22-6-1-2-7-24(22)25)35-18-26-29(27)36-31(42-21-33-9-4-13-39(33)14-5-10-33)37-30(26)38-12-3-8-32(19-38)11-15-41-20-32;32-26-27(24-16-22(40)15-20-5-1-2-6-23(20)24)33-17-25-28(26)35-30(41-19-31-8-3-11-38(31)12-4-9-31)36-29(25)37-13-14-39-21(18-37)7-10-34-39/h1-2,6-7,16-18,40H,3-5,8-15,19-21H2;1-2,5-7,10,15-17,40H,3-4,8-9,11-14,18-19H2. The molecule has 2 N–H and O–H groups in total. The van der Waals surface area contributed by atoms with Gasteiger partial charge in [0.15, 0.2) is 11.6 Å². The maximum Gasteiger partial charge on any atom is 0.319 e. The first-order valence-electron chi connectivity index (χ1n) is 29.6. The quantitative estimate of drug-likeness (QED) is 0.132. The zero-order valence-corrected chi connectivity index (χ0v) is 46.4. The smallest absolute Gasteiger partial charge is 0.319 e. The van der Waals surface area contributed by atoms with Gasteiger partial charge in [-0.05, 0) is 149 Å². The topological polar surface area (TPSA) is 176 Å². The molecule has 1 atom stereocenters. The van der Waals surface area contributed by atoms with Crippen LogP contribution in [0.3, 0.4) is 0 Å². The first kappa shape index (κ1) is 52.0. The highest BCUT2D eigenvalue weighted by molar-refractivity contribution is 6.01. The number of anilines is 2. The summed E-state index contributed by atoms with van der Waals surface area (Å²) in [6.07, 6.45) is 17.4. The molecule has 6 saturated heterocycles. The summed E-state index contributed by atoms with van der Waals surface area (Å²) < 4.78 is 53.7. The largest absolute Gasteiger partial charge is 0.508 e. The molecule has 5 aromatic heterocycles. The maximum atomic E-state index is 16.7. The van der Waals surface area contributed by atoms with Crippen molar-refractivity contribution in [3.8, 4) is 46.0 Å². The Balaban J connectivity index is 0.000000142. The Morgan fingerprint density at radius 3 is 1.63 bits per heavy atom. The number of rotatable bonds is 10. The van der Waals surface area contributed by atoms with E-state index >= 15 is 8.78 Å². The van der Waals surface area contributed by atoms with Gasteiger partial charge in [0.25, 0.3) is 0 Å². The highest BCUT2D eigenvalue weighted by Crippen LogP contribution is 2.45. The number of aromatic hydroxyl groups is 2. The monoisotopic (exact) mass is 1120 g/mol. The SMILES string of the molecule is Oc1cc(-c2ncc3c(N4CCCC5(CCOC5)C4)nc(OCC45CCCN4CCC5)nc3c2F)c2ccccc2c1.Oc1cc(-c2ncc3c(N4CCn5nccc5C4)nc(OCC45CCCN4CCC5)nc3c2F)c2ccccc2c1. The molecule has 19 heteroatoms. The number of phenolic OH excluding ortho intramolecular Hbond substituents is 2. The van der Waals surface area contributed by atoms with Crippen LogP contribution in [-0.2, 0) is 17.8 Å². The normalized spacial score (nSPS) is 21.0. The van der Waals surface area contributed by atoms with E-state index in [-0.39, 0.29) is 62.4 Å². The molecule has 83 heavy (non-hydrogen) atoms. The molecule has 9 aromatic rings. The highest BCUT2D eigenvalue weighted by Gasteiger charge is 2.47. The maximum absolute atomic E-state index is 16.7. The van der Waals surface area contributed by atoms with Gasteiger partial charge in [0.05, 0.1) is 47.2 Å². The molecule has 1 spiro atoms. The van der Waals surface area contributed by atoms with Gasteiger partial charge in [0.2, 0.25) is 0 Å². The summed E-state index contributed by atoms with van der Waals surface area (Å²) in [6.45, 7) is 10.5. The van der Waals surface area contributed by atoms with Gasteiger partial charge in [-0.25, -0.2) is 8.78 Å². The van der Waals surface area contributed by atoms with Gasteiger partial charge in [0, 0.05) is 61.4 Å². The average molecular weight is 1120 g/mol. The van der Waals surface area contributed by atoms with Crippen LogP contribution in [0.2, 0.25) is 0 Å². The molecule has 4 aromatic carbocycles. The van der Waals surface area contributed by atoms with Gasteiger partial charge >= 0.3 is 12.0 Å². The molecule has 7 aliphatic heterocycles. The lowest BCUT2D eigenvalue weighted by atomic mass is 9.79. The van der Waals surface area contributed by atoms with Crippen molar-refractivity contribution in [3.05, 3.63) is 115 Å². The lowest BCUT2D eigenvalue weighted by molar-refractivity contribution is 0.107. The van der Waals surface area contributed by atoms with Crippen LogP contribution in [0.1, 0.15) is 76.3 Å². The summed E-state index contributed by atoms with van der Waals surface area (Å²) in [5.74, 6) is 0.292. The van der Waals surface area contributed by atoms with E-state index in [4.69, 9.17) is 29.2 Å². The molecule has 7 aliphatic rings. The number of aromatic nitrogens is 8. The minimum absolute atomic E-state index is 0.0124. The Kier molecular flexibility index (Phi) is 13.0. The van der Waals surface area contributed by atoms with Gasteiger partial charge in [-0.1, -0.05) is 48.5 Å². The number of hydrogen-bond donors (Lipinski definition) is 2. The number of nitrogens with zero attached hydrogens (tertiary/aromatic N) is 12. The molecule has 0 amide bonds. The summed E-state index contributed by atoms with van der Waals surface area (Å²) in [6, 6.07) is 24.0. The molecule has 17 nitrogen and oxygen atoms in total. The summed E-state index contributed by atoms with van der Waals surface area (Å²) in [4.78, 5) is 37.8. The number of pyridine rings is 2. The fraction of sp³-hybridized carbons (Fsp3) is 0.422. The van der Waals surface area contributed by atoms with Gasteiger partial charge < -0.3 is 34.2 Å². The number of phenols is 2. The van der Waals surface area contributed by atoms with Crippen molar-refractivity contribution in [2.24, 2.45) is 5.41 Å². The van der Waals surface area contributed by atoms with Crippen molar-refractivity contribution in [3.63, 3.8) is 0 Å². The number of fused-ring (bicyclic) bond motifs is 7. The third-order valence-corrected chi connectivity index (χ3v) is 19.2. The van der Waals surface area contributed by atoms with Crippen LogP contribution in [0.15, 0.2) is 97.5 Å². The molecule has 6 fully saturated rings. The highest BCUT2D eigenvalue weighted by atomic mass is 19.1. The number of halogens is 2. The number of ether oxygens (including phenoxy) is 3. The Morgan fingerprint density at radius 2 is 1.08 bits per heavy atom. The number of piperidine rings is 1. The van der Waals surface area contributed by atoms with Gasteiger partial charge in [0.1, 0.15) is 58.8 Å². The Bertz CT molecular complexity index is 3970. The average Bonchev–Trinajstić information content (AvgIpc) is 4.46. The second kappa shape index (κ2) is 20.8. The van der Waals surface area contributed by atoms with Crippen LogP contribution in [0.25, 0.3) is 65.9 Å². The second-order valence-electron chi connectivity index (χ2n) is 24.2. The van der Waals surface area contributed by atoms with Crippen LogP contribution in [-0.4, -0.2) is 143 Å². The molecule has 0 radical (unpaired) electrons. The summed E-state index contributed by atoms with van der Waals surface area (Å²) in [7, 11) is 0. The van der Waals surface area contributed by atoms with Crippen LogP contribution in [0.5, 0.6) is 23.5 Å². The summed E-state index contributed by atoms with van der Waals surface area (Å²) in [5, 5.41) is 29.6. The van der Waals surface area contributed by atoms with E-state index < -0.39 is 11.6 Å². The van der Waals surface area contributed by atoms with Crippen LogP contribution in [0.4, 0.5) is 20.4 Å². The van der Waals surface area contributed by atoms with E-state index in [0.717, 1.165) is 138 Å². The molecule has 1 unspecified atom stereocenters. The first-order chi connectivity index (χ1) is 40.6. The van der Waals surface area contributed by atoms with E-state index in [0.29, 0.717) is 66.4 Å². The lowest BCUT2D eigenvalue weighted by Crippen LogP contribution is -2.44. The van der Waals surface area contributed by atoms with Gasteiger partial charge in [-0.3, -0.25) is 24.4 Å². The fourth-order valence-electron chi connectivity index (χ4n) is 15.1. The van der Waals surface area contributed by atoms with Crippen molar-refractivity contribution in [2.45, 2.75) is 94.8 Å². The molecular weight excluding hydrogens is 1050 g/mol. The molecule has 0 aliphatic carbocycles. The third kappa shape index (κ3) is 9.26. The Hall–Kier alpha value is -7.87. The number of hydrogen-bond acceptors (Lipinski definition) is 16. The van der Waals surface area contributed by atoms with Gasteiger partial charge in [-0.15, -0.1) is 0 Å². The van der Waals surface area contributed by atoms with E-state index in [1.54, 1.807) is 42.9 Å². The van der Waals surface area contributed by atoms with Crippen LogP contribution >= 0.6 is 0 Å².